The third kappa shape index (κ3) is 3.49. The number of nitrogens with zero attached hydrogens (tertiary/aromatic N) is 4. The van der Waals surface area contributed by atoms with Gasteiger partial charge < -0.3 is 14.4 Å². The van der Waals surface area contributed by atoms with E-state index in [4.69, 9.17) is 14.5 Å². The summed E-state index contributed by atoms with van der Waals surface area (Å²) in [6.07, 6.45) is 0. The van der Waals surface area contributed by atoms with Crippen LogP contribution in [0.2, 0.25) is 0 Å². The Morgan fingerprint density at radius 1 is 0.969 bits per heavy atom. The van der Waals surface area contributed by atoms with Crippen LogP contribution in [0.5, 0.6) is 11.5 Å². The molecule has 1 aromatic heterocycles. The molecule has 1 fully saturated rings. The fraction of sp³-hybridized carbons (Fsp3) is 0.364. The van der Waals surface area contributed by atoms with E-state index in [-0.39, 0.29) is 10.5 Å². The molecular formula is C22H24N4O5S. The molecule has 0 amide bonds. The van der Waals surface area contributed by atoms with Gasteiger partial charge in [-0.15, -0.1) is 0 Å². The normalized spacial score (nSPS) is 17.0. The molecule has 3 aromatic rings. The van der Waals surface area contributed by atoms with Crippen LogP contribution in [0.15, 0.2) is 52.2 Å². The summed E-state index contributed by atoms with van der Waals surface area (Å²) in [6.45, 7) is 4.76. The number of piperazine rings is 1. The SMILES string of the molecule is CCn1c(N2CCN(S(=O)(=O)c3ccccc3)CC2)nc2cc3c(cc2c1=O)OCCO3. The van der Waals surface area contributed by atoms with Gasteiger partial charge >= 0.3 is 0 Å². The van der Waals surface area contributed by atoms with Crippen molar-refractivity contribution in [1.82, 2.24) is 13.9 Å². The maximum absolute atomic E-state index is 13.2. The summed E-state index contributed by atoms with van der Waals surface area (Å²) < 4.78 is 40.2. The first-order valence-corrected chi connectivity index (χ1v) is 12.1. The van der Waals surface area contributed by atoms with E-state index in [9.17, 15) is 13.2 Å². The van der Waals surface area contributed by atoms with Crippen LogP contribution < -0.4 is 19.9 Å². The molecule has 32 heavy (non-hydrogen) atoms. The van der Waals surface area contributed by atoms with Gasteiger partial charge in [0, 0.05) is 38.8 Å². The molecule has 2 aliphatic heterocycles. The summed E-state index contributed by atoms with van der Waals surface area (Å²) in [5.41, 5.74) is 0.391. The molecule has 5 rings (SSSR count). The van der Waals surface area contributed by atoms with Crippen molar-refractivity contribution in [1.29, 1.82) is 0 Å². The zero-order chi connectivity index (χ0) is 22.3. The lowest BCUT2D eigenvalue weighted by molar-refractivity contribution is 0.172. The van der Waals surface area contributed by atoms with Gasteiger partial charge in [0.1, 0.15) is 13.2 Å². The van der Waals surface area contributed by atoms with Crippen LogP contribution in [0.3, 0.4) is 0 Å². The molecule has 0 unspecified atom stereocenters. The predicted octanol–water partition coefficient (Wildman–Crippen LogP) is 1.70. The van der Waals surface area contributed by atoms with Gasteiger partial charge in [-0.05, 0) is 25.1 Å². The monoisotopic (exact) mass is 456 g/mol. The van der Waals surface area contributed by atoms with Gasteiger partial charge in [0.15, 0.2) is 11.5 Å². The van der Waals surface area contributed by atoms with Crippen molar-refractivity contribution < 1.29 is 17.9 Å². The van der Waals surface area contributed by atoms with Gasteiger partial charge in [-0.2, -0.15) is 4.31 Å². The second-order valence-corrected chi connectivity index (χ2v) is 9.62. The number of anilines is 1. The number of aromatic nitrogens is 2. The van der Waals surface area contributed by atoms with E-state index in [0.717, 1.165) is 0 Å². The highest BCUT2D eigenvalue weighted by molar-refractivity contribution is 7.89. The van der Waals surface area contributed by atoms with Crippen molar-refractivity contribution in [2.24, 2.45) is 0 Å². The summed E-state index contributed by atoms with van der Waals surface area (Å²) in [6, 6.07) is 11.9. The first-order valence-electron chi connectivity index (χ1n) is 10.6. The zero-order valence-corrected chi connectivity index (χ0v) is 18.5. The van der Waals surface area contributed by atoms with Crippen molar-refractivity contribution in [2.45, 2.75) is 18.4 Å². The Morgan fingerprint density at radius 3 is 2.28 bits per heavy atom. The first kappa shape index (κ1) is 20.8. The quantitative estimate of drug-likeness (QED) is 0.590. The lowest BCUT2D eigenvalue weighted by Gasteiger charge is -2.35. The van der Waals surface area contributed by atoms with E-state index in [1.165, 1.54) is 4.31 Å². The number of hydrogen-bond acceptors (Lipinski definition) is 7. The summed E-state index contributed by atoms with van der Waals surface area (Å²) >= 11 is 0. The molecule has 1 saturated heterocycles. The number of hydrogen-bond donors (Lipinski definition) is 0. The molecule has 10 heteroatoms. The van der Waals surface area contributed by atoms with Crippen LogP contribution in [0.25, 0.3) is 10.9 Å². The van der Waals surface area contributed by atoms with Crippen LogP contribution in [0, 0.1) is 0 Å². The molecule has 0 radical (unpaired) electrons. The second kappa shape index (κ2) is 8.10. The molecule has 0 N–H and O–H groups in total. The minimum atomic E-state index is -3.55. The smallest absolute Gasteiger partial charge is 0.262 e. The Morgan fingerprint density at radius 2 is 1.62 bits per heavy atom. The van der Waals surface area contributed by atoms with Gasteiger partial charge in [-0.25, -0.2) is 13.4 Å². The largest absolute Gasteiger partial charge is 0.486 e. The molecule has 9 nitrogen and oxygen atoms in total. The van der Waals surface area contributed by atoms with E-state index < -0.39 is 10.0 Å². The van der Waals surface area contributed by atoms with Gasteiger partial charge in [0.2, 0.25) is 16.0 Å². The average Bonchev–Trinajstić information content (AvgIpc) is 2.83. The minimum Gasteiger partial charge on any atom is -0.486 e. The maximum Gasteiger partial charge on any atom is 0.262 e. The van der Waals surface area contributed by atoms with E-state index in [1.807, 2.05) is 11.8 Å². The van der Waals surface area contributed by atoms with E-state index in [1.54, 1.807) is 47.0 Å². The Hall–Kier alpha value is -3.11. The van der Waals surface area contributed by atoms with Crippen molar-refractivity contribution in [3.63, 3.8) is 0 Å². The lowest BCUT2D eigenvalue weighted by Crippen LogP contribution is -2.50. The molecule has 2 aromatic carbocycles. The number of ether oxygens (including phenoxy) is 2. The standard InChI is InChI=1S/C22H24N4O5S/c1-2-26-21(27)17-14-19-20(31-13-12-30-19)15-18(17)23-22(26)24-8-10-25(11-9-24)32(28,29)16-6-4-3-5-7-16/h3-7,14-15H,2,8-13H2,1H3. The number of sulfonamides is 1. The van der Waals surface area contributed by atoms with Crippen molar-refractivity contribution in [3.8, 4) is 11.5 Å². The average molecular weight is 457 g/mol. The summed E-state index contributed by atoms with van der Waals surface area (Å²) in [5.74, 6) is 1.67. The topological polar surface area (TPSA) is 94.0 Å². The molecule has 0 spiro atoms. The summed E-state index contributed by atoms with van der Waals surface area (Å²) in [5, 5.41) is 0.477. The van der Waals surface area contributed by atoms with Crippen molar-refractivity contribution in [2.75, 3.05) is 44.3 Å². The fourth-order valence-electron chi connectivity index (χ4n) is 4.14. The molecule has 168 valence electrons. The van der Waals surface area contributed by atoms with E-state index >= 15 is 0 Å². The van der Waals surface area contributed by atoms with E-state index in [2.05, 4.69) is 0 Å². The first-order chi connectivity index (χ1) is 15.5. The van der Waals surface area contributed by atoms with Crippen molar-refractivity contribution >= 4 is 26.9 Å². The number of fused-ring (bicyclic) bond motifs is 2. The third-order valence-corrected chi connectivity index (χ3v) is 7.73. The number of rotatable bonds is 4. The lowest BCUT2D eigenvalue weighted by atomic mass is 10.2. The van der Waals surface area contributed by atoms with Gasteiger partial charge in [0.05, 0.1) is 15.8 Å². The van der Waals surface area contributed by atoms with Gasteiger partial charge in [-0.1, -0.05) is 18.2 Å². The summed E-state index contributed by atoms with van der Waals surface area (Å²) in [4.78, 5) is 20.2. The Kier molecular flexibility index (Phi) is 5.26. The third-order valence-electron chi connectivity index (χ3n) is 5.82. The molecule has 0 atom stereocenters. The molecule has 3 heterocycles. The second-order valence-electron chi connectivity index (χ2n) is 7.68. The molecule has 0 saturated carbocycles. The molecule has 0 bridgehead atoms. The van der Waals surface area contributed by atoms with Crippen LogP contribution in [-0.4, -0.2) is 61.7 Å². The van der Waals surface area contributed by atoms with Crippen LogP contribution >= 0.6 is 0 Å². The van der Waals surface area contributed by atoms with Crippen LogP contribution in [0.4, 0.5) is 5.95 Å². The van der Waals surface area contributed by atoms with Gasteiger partial charge in [-0.3, -0.25) is 9.36 Å². The van der Waals surface area contributed by atoms with Crippen LogP contribution in [-0.2, 0) is 16.6 Å². The maximum atomic E-state index is 13.2. The molecule has 2 aliphatic rings. The minimum absolute atomic E-state index is 0.149. The molecular weight excluding hydrogens is 432 g/mol. The Bertz CT molecular complexity index is 1320. The van der Waals surface area contributed by atoms with Crippen LogP contribution in [0.1, 0.15) is 6.92 Å². The van der Waals surface area contributed by atoms with E-state index in [0.29, 0.717) is 74.3 Å². The zero-order valence-electron chi connectivity index (χ0n) is 17.7. The Balaban J connectivity index is 1.46. The van der Waals surface area contributed by atoms with Crippen molar-refractivity contribution in [3.05, 3.63) is 52.8 Å². The highest BCUT2D eigenvalue weighted by atomic mass is 32.2. The fourth-order valence-corrected chi connectivity index (χ4v) is 5.59. The number of benzene rings is 2. The highest BCUT2D eigenvalue weighted by Crippen LogP contribution is 2.33. The highest BCUT2D eigenvalue weighted by Gasteiger charge is 2.30. The Labute approximate surface area is 185 Å². The summed E-state index contributed by atoms with van der Waals surface area (Å²) in [7, 11) is -3.55. The predicted molar refractivity (Wildman–Crippen MR) is 120 cm³/mol. The molecule has 0 aliphatic carbocycles. The van der Waals surface area contributed by atoms with Gasteiger partial charge in [0.25, 0.3) is 5.56 Å².